The summed E-state index contributed by atoms with van der Waals surface area (Å²) in [4.78, 5) is 22.3. The van der Waals surface area contributed by atoms with Crippen LogP contribution < -0.4 is 0 Å². The van der Waals surface area contributed by atoms with Gasteiger partial charge in [0.05, 0.1) is 26.4 Å². The number of hydrogen-bond donors (Lipinski definition) is 0. The molecule has 0 heterocycles. The van der Waals surface area contributed by atoms with E-state index < -0.39 is 0 Å². The number of carbonyl (C=O) groups is 2. The summed E-state index contributed by atoms with van der Waals surface area (Å²) in [7, 11) is 1.61. The monoisotopic (exact) mass is 370 g/mol. The first-order valence-corrected chi connectivity index (χ1v) is 9.40. The number of rotatable bonds is 18. The Morgan fingerprint density at radius 3 is 2.08 bits per heavy atom. The van der Waals surface area contributed by atoms with Crippen LogP contribution in [-0.2, 0) is 28.5 Å². The lowest BCUT2D eigenvalue weighted by molar-refractivity contribution is -0.139. The van der Waals surface area contributed by atoms with E-state index in [-0.39, 0.29) is 18.5 Å². The molecule has 0 atom stereocenters. The maximum Gasteiger partial charge on any atom is 0.330 e. The number of allylic oxidation sites excluding steroid dienone is 1. The van der Waals surface area contributed by atoms with Gasteiger partial charge in [-0.3, -0.25) is 0 Å². The van der Waals surface area contributed by atoms with Crippen molar-refractivity contribution in [2.75, 3.05) is 40.1 Å². The van der Waals surface area contributed by atoms with Crippen LogP contribution in [0.15, 0.2) is 24.8 Å². The minimum absolute atomic E-state index is 0.264. The second kappa shape index (κ2) is 19.7. The van der Waals surface area contributed by atoms with Gasteiger partial charge in [-0.1, -0.05) is 44.8 Å². The highest BCUT2D eigenvalue weighted by Crippen LogP contribution is 2.09. The van der Waals surface area contributed by atoms with Crippen LogP contribution in [0.2, 0.25) is 0 Å². The van der Waals surface area contributed by atoms with Crippen molar-refractivity contribution >= 4 is 11.9 Å². The van der Waals surface area contributed by atoms with E-state index in [0.29, 0.717) is 26.4 Å². The molecule has 0 radical (unpaired) electrons. The van der Waals surface area contributed by atoms with Crippen LogP contribution in [0.25, 0.3) is 0 Å². The minimum Gasteiger partial charge on any atom is -0.463 e. The molecule has 0 aromatic carbocycles. The Hall–Kier alpha value is -1.66. The number of methoxy groups -OCH3 is 1. The van der Waals surface area contributed by atoms with Gasteiger partial charge in [-0.15, -0.1) is 0 Å². The lowest BCUT2D eigenvalue weighted by Crippen LogP contribution is -2.10. The molecule has 0 bridgehead atoms. The van der Waals surface area contributed by atoms with Gasteiger partial charge in [0.1, 0.15) is 6.61 Å². The van der Waals surface area contributed by atoms with Crippen LogP contribution >= 0.6 is 0 Å². The van der Waals surface area contributed by atoms with Crippen molar-refractivity contribution in [3.05, 3.63) is 24.8 Å². The van der Waals surface area contributed by atoms with Gasteiger partial charge in [0, 0.05) is 19.3 Å². The third-order valence-corrected chi connectivity index (χ3v) is 3.58. The second-order valence-corrected chi connectivity index (χ2v) is 5.81. The third-order valence-electron chi connectivity index (χ3n) is 3.58. The van der Waals surface area contributed by atoms with E-state index in [1.165, 1.54) is 25.0 Å². The quantitative estimate of drug-likeness (QED) is 0.209. The van der Waals surface area contributed by atoms with Crippen molar-refractivity contribution in [3.63, 3.8) is 0 Å². The Morgan fingerprint density at radius 1 is 0.769 bits per heavy atom. The molecular formula is C20H34O6. The topological polar surface area (TPSA) is 71.1 Å². The largest absolute Gasteiger partial charge is 0.463 e. The maximum atomic E-state index is 11.4. The lowest BCUT2D eigenvalue weighted by Gasteiger charge is -2.03. The molecule has 0 fully saturated rings. The van der Waals surface area contributed by atoms with E-state index in [0.717, 1.165) is 38.5 Å². The molecule has 0 N–H and O–H groups in total. The summed E-state index contributed by atoms with van der Waals surface area (Å²) >= 11 is 0. The van der Waals surface area contributed by atoms with E-state index in [4.69, 9.17) is 18.9 Å². The molecule has 0 unspecified atom stereocenters. The number of unbranched alkanes of at least 4 members (excludes halogenated alkanes) is 7. The van der Waals surface area contributed by atoms with Gasteiger partial charge in [-0.25, -0.2) is 9.59 Å². The molecule has 6 heteroatoms. The van der Waals surface area contributed by atoms with Crippen LogP contribution in [-0.4, -0.2) is 52.1 Å². The fourth-order valence-corrected chi connectivity index (χ4v) is 2.15. The van der Waals surface area contributed by atoms with E-state index in [1.807, 2.05) is 6.08 Å². The normalized spacial score (nSPS) is 10.8. The molecule has 0 aliphatic carbocycles. The summed E-state index contributed by atoms with van der Waals surface area (Å²) in [5.74, 6) is -0.671. The van der Waals surface area contributed by atoms with Crippen molar-refractivity contribution < 1.29 is 28.5 Å². The molecule has 0 aromatic rings. The molecule has 6 nitrogen and oxygen atoms in total. The van der Waals surface area contributed by atoms with Crippen LogP contribution in [0.1, 0.15) is 51.4 Å². The first-order valence-electron chi connectivity index (χ1n) is 9.40. The Bertz CT molecular complexity index is 392. The third kappa shape index (κ3) is 18.7. The molecular weight excluding hydrogens is 336 g/mol. The molecule has 0 aromatic heterocycles. The predicted octanol–water partition coefficient (Wildman–Crippen LogP) is 3.60. The zero-order valence-corrected chi connectivity index (χ0v) is 16.1. The maximum absolute atomic E-state index is 11.4. The molecule has 0 aliphatic rings. The summed E-state index contributed by atoms with van der Waals surface area (Å²) < 4.78 is 20.0. The molecule has 0 saturated heterocycles. The predicted molar refractivity (Wildman–Crippen MR) is 101 cm³/mol. The van der Waals surface area contributed by atoms with Gasteiger partial charge < -0.3 is 18.9 Å². The number of hydrogen-bond acceptors (Lipinski definition) is 6. The summed E-state index contributed by atoms with van der Waals surface area (Å²) in [5.41, 5.74) is 0. The first kappa shape index (κ1) is 24.3. The zero-order valence-electron chi connectivity index (χ0n) is 16.1. The van der Waals surface area contributed by atoms with Crippen molar-refractivity contribution in [3.8, 4) is 0 Å². The smallest absolute Gasteiger partial charge is 0.330 e. The van der Waals surface area contributed by atoms with E-state index >= 15 is 0 Å². The van der Waals surface area contributed by atoms with E-state index in [1.54, 1.807) is 7.11 Å². The number of carbonyl (C=O) groups excluding carboxylic acids is 2. The summed E-state index contributed by atoms with van der Waals surface area (Å²) in [6.45, 7) is 5.53. The SMILES string of the molecule is C=CC(=O)OCCCCCCCCC/C=C/C(=O)OCCOCCOC. The minimum atomic E-state index is -0.350. The lowest BCUT2D eigenvalue weighted by atomic mass is 10.1. The van der Waals surface area contributed by atoms with Crippen LogP contribution in [0.5, 0.6) is 0 Å². The van der Waals surface area contributed by atoms with Crippen molar-refractivity contribution in [2.45, 2.75) is 51.4 Å². The molecule has 0 saturated carbocycles. The highest BCUT2D eigenvalue weighted by molar-refractivity contribution is 5.81. The average Bonchev–Trinajstić information content (AvgIpc) is 2.65. The number of esters is 2. The van der Waals surface area contributed by atoms with E-state index in [9.17, 15) is 9.59 Å². The standard InChI is InChI=1S/C20H34O6/c1-3-19(21)25-14-12-10-8-6-4-5-7-9-11-13-20(22)26-18-17-24-16-15-23-2/h3,11,13H,1,4-10,12,14-18H2,2H3/b13-11+. The Morgan fingerprint density at radius 2 is 1.38 bits per heavy atom. The highest BCUT2D eigenvalue weighted by atomic mass is 16.6. The first-order chi connectivity index (χ1) is 12.7. The fraction of sp³-hybridized carbons (Fsp3) is 0.700. The van der Waals surface area contributed by atoms with Crippen LogP contribution in [0, 0.1) is 0 Å². The summed E-state index contributed by atoms with van der Waals surface area (Å²) in [5, 5.41) is 0. The van der Waals surface area contributed by atoms with Crippen molar-refractivity contribution in [1.29, 1.82) is 0 Å². The summed E-state index contributed by atoms with van der Waals surface area (Å²) in [6.07, 6.45) is 13.1. The number of ether oxygens (including phenoxy) is 4. The van der Waals surface area contributed by atoms with Gasteiger partial charge in [-0.05, 0) is 19.3 Å². The Labute approximate surface area is 157 Å². The van der Waals surface area contributed by atoms with Crippen LogP contribution in [0.4, 0.5) is 0 Å². The van der Waals surface area contributed by atoms with E-state index in [2.05, 4.69) is 6.58 Å². The second-order valence-electron chi connectivity index (χ2n) is 5.81. The van der Waals surface area contributed by atoms with Gasteiger partial charge >= 0.3 is 11.9 Å². The fourth-order valence-electron chi connectivity index (χ4n) is 2.15. The molecule has 26 heavy (non-hydrogen) atoms. The molecule has 0 rings (SSSR count). The van der Waals surface area contributed by atoms with Gasteiger partial charge in [0.15, 0.2) is 0 Å². The molecule has 150 valence electrons. The highest BCUT2D eigenvalue weighted by Gasteiger charge is 1.97. The summed E-state index contributed by atoms with van der Waals surface area (Å²) in [6, 6.07) is 0. The van der Waals surface area contributed by atoms with Crippen molar-refractivity contribution in [1.82, 2.24) is 0 Å². The van der Waals surface area contributed by atoms with Gasteiger partial charge in [-0.2, -0.15) is 0 Å². The Balaban J connectivity index is 3.28. The van der Waals surface area contributed by atoms with Crippen molar-refractivity contribution in [2.24, 2.45) is 0 Å². The molecule has 0 amide bonds. The average molecular weight is 370 g/mol. The Kier molecular flexibility index (Phi) is 18.4. The van der Waals surface area contributed by atoms with Gasteiger partial charge in [0.2, 0.25) is 0 Å². The van der Waals surface area contributed by atoms with Gasteiger partial charge in [0.25, 0.3) is 0 Å². The zero-order chi connectivity index (χ0) is 19.3. The van der Waals surface area contributed by atoms with Crippen LogP contribution in [0.3, 0.4) is 0 Å². The molecule has 0 aliphatic heterocycles. The molecule has 0 spiro atoms.